The standard InChI is InChI=1S/C12H17NO6/c1-8(2)13-6-9(19-12(13)16)7-18-11(15)5-4-10(14)17-3/h4-5,8-9H,6-7H2,1-3H3/b5-4+. The molecule has 0 aliphatic carbocycles. The Morgan fingerprint density at radius 2 is 2.05 bits per heavy atom. The van der Waals surface area contributed by atoms with E-state index in [-0.39, 0.29) is 12.6 Å². The second kappa shape index (κ2) is 6.77. The van der Waals surface area contributed by atoms with Gasteiger partial charge in [-0.3, -0.25) is 0 Å². The van der Waals surface area contributed by atoms with Crippen molar-refractivity contribution in [2.24, 2.45) is 0 Å². The summed E-state index contributed by atoms with van der Waals surface area (Å²) in [5.41, 5.74) is 0. The number of methoxy groups -OCH3 is 1. The van der Waals surface area contributed by atoms with Crippen molar-refractivity contribution < 1.29 is 28.6 Å². The number of ether oxygens (including phenoxy) is 3. The molecule has 0 aromatic heterocycles. The molecule has 1 saturated heterocycles. The molecule has 19 heavy (non-hydrogen) atoms. The van der Waals surface area contributed by atoms with Crippen LogP contribution in [0.25, 0.3) is 0 Å². The maximum atomic E-state index is 11.4. The van der Waals surface area contributed by atoms with Gasteiger partial charge in [-0.15, -0.1) is 0 Å². The van der Waals surface area contributed by atoms with Gasteiger partial charge in [0.1, 0.15) is 6.61 Å². The second-order valence-electron chi connectivity index (χ2n) is 4.24. The molecule has 106 valence electrons. The van der Waals surface area contributed by atoms with Crippen LogP contribution in [0.4, 0.5) is 4.79 Å². The lowest BCUT2D eigenvalue weighted by atomic mass is 10.3. The summed E-state index contributed by atoms with van der Waals surface area (Å²) in [5, 5.41) is 0. The first-order valence-corrected chi connectivity index (χ1v) is 5.84. The smallest absolute Gasteiger partial charge is 0.410 e. The summed E-state index contributed by atoms with van der Waals surface area (Å²) in [6.45, 7) is 4.08. The molecule has 1 unspecified atom stereocenters. The molecule has 1 atom stereocenters. The van der Waals surface area contributed by atoms with Crippen molar-refractivity contribution in [1.29, 1.82) is 0 Å². The number of cyclic esters (lactones) is 1. The van der Waals surface area contributed by atoms with Crippen LogP contribution in [0.5, 0.6) is 0 Å². The van der Waals surface area contributed by atoms with Gasteiger partial charge >= 0.3 is 18.0 Å². The van der Waals surface area contributed by atoms with Gasteiger partial charge in [0.25, 0.3) is 0 Å². The normalized spacial score (nSPS) is 18.8. The molecule has 0 aromatic rings. The lowest BCUT2D eigenvalue weighted by Gasteiger charge is -2.16. The Morgan fingerprint density at radius 3 is 2.58 bits per heavy atom. The molecule has 0 aromatic carbocycles. The van der Waals surface area contributed by atoms with Crippen LogP contribution in [0.15, 0.2) is 12.2 Å². The fourth-order valence-electron chi connectivity index (χ4n) is 1.48. The number of carbonyl (C=O) groups is 3. The molecule has 7 nitrogen and oxygen atoms in total. The van der Waals surface area contributed by atoms with Crippen molar-refractivity contribution in [3.05, 3.63) is 12.2 Å². The van der Waals surface area contributed by atoms with Crippen molar-refractivity contribution in [3.8, 4) is 0 Å². The molecule has 1 aliphatic rings. The van der Waals surface area contributed by atoms with Crippen LogP contribution < -0.4 is 0 Å². The van der Waals surface area contributed by atoms with Gasteiger partial charge < -0.3 is 19.1 Å². The van der Waals surface area contributed by atoms with E-state index in [1.165, 1.54) is 7.11 Å². The highest BCUT2D eigenvalue weighted by atomic mass is 16.6. The maximum absolute atomic E-state index is 11.4. The Balaban J connectivity index is 2.34. The Bertz CT molecular complexity index is 390. The molecular formula is C12H17NO6. The van der Waals surface area contributed by atoms with Gasteiger partial charge in [-0.05, 0) is 13.8 Å². The summed E-state index contributed by atoms with van der Waals surface area (Å²) in [7, 11) is 1.20. The lowest BCUT2D eigenvalue weighted by Crippen LogP contribution is -2.32. The van der Waals surface area contributed by atoms with E-state index in [1.807, 2.05) is 13.8 Å². The van der Waals surface area contributed by atoms with Crippen molar-refractivity contribution >= 4 is 18.0 Å². The van der Waals surface area contributed by atoms with Crippen molar-refractivity contribution in [2.45, 2.75) is 26.0 Å². The number of hydrogen-bond donors (Lipinski definition) is 0. The minimum Gasteiger partial charge on any atom is -0.466 e. The summed E-state index contributed by atoms with van der Waals surface area (Å²) in [6.07, 6.45) is 1.03. The van der Waals surface area contributed by atoms with Crippen molar-refractivity contribution in [2.75, 3.05) is 20.3 Å². The number of carbonyl (C=O) groups excluding carboxylic acids is 3. The van der Waals surface area contributed by atoms with E-state index >= 15 is 0 Å². The van der Waals surface area contributed by atoms with E-state index in [1.54, 1.807) is 4.90 Å². The summed E-state index contributed by atoms with van der Waals surface area (Å²) in [6, 6.07) is 0.0346. The number of amides is 1. The van der Waals surface area contributed by atoms with Crippen LogP contribution in [0.3, 0.4) is 0 Å². The van der Waals surface area contributed by atoms with E-state index < -0.39 is 24.1 Å². The van der Waals surface area contributed by atoms with Crippen LogP contribution in [-0.4, -0.2) is 55.3 Å². The van der Waals surface area contributed by atoms with Crippen molar-refractivity contribution in [1.82, 2.24) is 4.90 Å². The topological polar surface area (TPSA) is 82.1 Å². The largest absolute Gasteiger partial charge is 0.466 e. The predicted octanol–water partition coefficient (Wildman–Crippen LogP) is 0.488. The van der Waals surface area contributed by atoms with Crippen LogP contribution in [-0.2, 0) is 23.8 Å². The highest BCUT2D eigenvalue weighted by Gasteiger charge is 2.33. The predicted molar refractivity (Wildman–Crippen MR) is 64.2 cm³/mol. The Labute approximate surface area is 111 Å². The molecule has 1 aliphatic heterocycles. The molecule has 7 heteroatoms. The zero-order valence-corrected chi connectivity index (χ0v) is 11.1. The number of rotatable bonds is 5. The highest BCUT2D eigenvalue weighted by Crippen LogP contribution is 2.14. The van der Waals surface area contributed by atoms with Crippen molar-refractivity contribution in [3.63, 3.8) is 0 Å². The van der Waals surface area contributed by atoms with Crippen LogP contribution >= 0.6 is 0 Å². The number of hydrogen-bond acceptors (Lipinski definition) is 6. The minimum atomic E-state index is -0.690. The Hall–Kier alpha value is -2.05. The molecule has 0 spiro atoms. The first-order valence-electron chi connectivity index (χ1n) is 5.84. The fourth-order valence-corrected chi connectivity index (χ4v) is 1.48. The van der Waals surface area contributed by atoms with Crippen LogP contribution in [0.1, 0.15) is 13.8 Å². The second-order valence-corrected chi connectivity index (χ2v) is 4.24. The first kappa shape index (κ1) is 15.0. The molecule has 0 saturated carbocycles. The van der Waals surface area contributed by atoms with Gasteiger partial charge in [0.15, 0.2) is 6.10 Å². The van der Waals surface area contributed by atoms with Gasteiger partial charge in [-0.2, -0.15) is 0 Å². The van der Waals surface area contributed by atoms with Crippen LogP contribution in [0, 0.1) is 0 Å². The molecule has 1 amide bonds. The zero-order chi connectivity index (χ0) is 14.4. The van der Waals surface area contributed by atoms with E-state index in [2.05, 4.69) is 4.74 Å². The van der Waals surface area contributed by atoms with Gasteiger partial charge in [0.05, 0.1) is 13.7 Å². The molecule has 1 rings (SSSR count). The lowest BCUT2D eigenvalue weighted by molar-refractivity contribution is -0.141. The molecule has 0 N–H and O–H groups in total. The average Bonchev–Trinajstić information content (AvgIpc) is 2.74. The molecule has 1 heterocycles. The zero-order valence-electron chi connectivity index (χ0n) is 11.1. The number of nitrogens with zero attached hydrogens (tertiary/aromatic N) is 1. The van der Waals surface area contributed by atoms with Gasteiger partial charge in [-0.25, -0.2) is 14.4 Å². The third kappa shape index (κ3) is 4.61. The minimum absolute atomic E-state index is 0.0346. The van der Waals surface area contributed by atoms with E-state index in [0.717, 1.165) is 12.2 Å². The summed E-state index contributed by atoms with van der Waals surface area (Å²) < 4.78 is 14.2. The number of esters is 2. The van der Waals surface area contributed by atoms with Gasteiger partial charge in [0.2, 0.25) is 0 Å². The summed E-state index contributed by atoms with van der Waals surface area (Å²) in [5.74, 6) is -1.33. The van der Waals surface area contributed by atoms with Gasteiger partial charge in [-0.1, -0.05) is 0 Å². The molecule has 0 radical (unpaired) electrons. The SMILES string of the molecule is COC(=O)/C=C/C(=O)OCC1CN(C(C)C)C(=O)O1. The van der Waals surface area contributed by atoms with E-state index in [4.69, 9.17) is 9.47 Å². The Kier molecular flexibility index (Phi) is 5.35. The Morgan fingerprint density at radius 1 is 1.42 bits per heavy atom. The third-order valence-electron chi connectivity index (χ3n) is 2.49. The first-order chi connectivity index (χ1) is 8.93. The maximum Gasteiger partial charge on any atom is 0.410 e. The van der Waals surface area contributed by atoms with E-state index in [0.29, 0.717) is 6.54 Å². The average molecular weight is 271 g/mol. The quantitative estimate of drug-likeness (QED) is 0.411. The highest BCUT2D eigenvalue weighted by molar-refractivity contribution is 5.91. The molecule has 1 fully saturated rings. The fraction of sp³-hybridized carbons (Fsp3) is 0.583. The third-order valence-corrected chi connectivity index (χ3v) is 2.49. The summed E-state index contributed by atoms with van der Waals surface area (Å²) in [4.78, 5) is 34.9. The summed E-state index contributed by atoms with van der Waals surface area (Å²) >= 11 is 0. The monoisotopic (exact) mass is 271 g/mol. The molecule has 0 bridgehead atoms. The molecular weight excluding hydrogens is 254 g/mol. The van der Waals surface area contributed by atoms with E-state index in [9.17, 15) is 14.4 Å². The van der Waals surface area contributed by atoms with Crippen LogP contribution in [0.2, 0.25) is 0 Å². The van der Waals surface area contributed by atoms with Gasteiger partial charge in [0, 0.05) is 18.2 Å².